The summed E-state index contributed by atoms with van der Waals surface area (Å²) in [4.78, 5) is 46.5. The van der Waals surface area contributed by atoms with Crippen molar-refractivity contribution >= 4 is 28.9 Å². The standard InChI is InChI=1S/C22H27NO3.C9H16O2/c1-6-16-12-18(8-9-20(16)21(24)14(3)4)23-22(25)17-10-15(5)11-19(13-17)26-7-2;1-4-9(11)6-5-7(2)8(3)10/h8-14H,6-7H2,1-5H3,(H,23,25);7H,4-6H2,1-3H3. The minimum atomic E-state index is -0.195. The highest BCUT2D eigenvalue weighted by molar-refractivity contribution is 6.05. The first-order valence-electron chi connectivity index (χ1n) is 13.2. The van der Waals surface area contributed by atoms with E-state index in [1.54, 1.807) is 25.1 Å². The Kier molecular flexibility index (Phi) is 13.5. The molecule has 0 saturated carbocycles. The fourth-order valence-electron chi connectivity index (χ4n) is 3.61. The number of aryl methyl sites for hydroxylation is 2. The van der Waals surface area contributed by atoms with Gasteiger partial charge in [-0.25, -0.2) is 0 Å². The molecule has 2 rings (SSSR count). The van der Waals surface area contributed by atoms with Crippen LogP contribution in [0.4, 0.5) is 5.69 Å². The third-order valence-electron chi connectivity index (χ3n) is 6.10. The monoisotopic (exact) mass is 509 g/mol. The third-order valence-corrected chi connectivity index (χ3v) is 6.10. The van der Waals surface area contributed by atoms with E-state index < -0.39 is 0 Å². The maximum atomic E-state index is 12.6. The van der Waals surface area contributed by atoms with E-state index >= 15 is 0 Å². The van der Waals surface area contributed by atoms with Crippen molar-refractivity contribution in [2.24, 2.45) is 11.8 Å². The predicted molar refractivity (Wildman–Crippen MR) is 150 cm³/mol. The van der Waals surface area contributed by atoms with Crippen molar-refractivity contribution in [3.05, 3.63) is 58.7 Å². The van der Waals surface area contributed by atoms with Crippen molar-refractivity contribution in [1.29, 1.82) is 0 Å². The lowest BCUT2D eigenvalue weighted by molar-refractivity contribution is -0.121. The molecule has 0 saturated heterocycles. The van der Waals surface area contributed by atoms with Gasteiger partial charge in [0.05, 0.1) is 6.61 Å². The lowest BCUT2D eigenvalue weighted by Crippen LogP contribution is -2.14. The minimum absolute atomic E-state index is 0.0468. The van der Waals surface area contributed by atoms with Crippen molar-refractivity contribution in [1.82, 2.24) is 0 Å². The number of hydrogen-bond acceptors (Lipinski definition) is 5. The molecule has 0 aliphatic heterocycles. The van der Waals surface area contributed by atoms with E-state index in [4.69, 9.17) is 4.74 Å². The molecule has 0 heterocycles. The Bertz CT molecular complexity index is 1090. The Morgan fingerprint density at radius 3 is 2.16 bits per heavy atom. The molecule has 1 amide bonds. The van der Waals surface area contributed by atoms with E-state index in [1.165, 1.54) is 0 Å². The van der Waals surface area contributed by atoms with Crippen LogP contribution in [0.2, 0.25) is 0 Å². The molecule has 0 aromatic heterocycles. The molecule has 0 radical (unpaired) electrons. The number of ketones is 3. The fraction of sp³-hybridized carbons (Fsp3) is 0.484. The molecular weight excluding hydrogens is 466 g/mol. The van der Waals surface area contributed by atoms with Crippen LogP contribution in [0.3, 0.4) is 0 Å². The van der Waals surface area contributed by atoms with E-state index in [0.717, 1.165) is 23.1 Å². The highest BCUT2D eigenvalue weighted by atomic mass is 16.5. The van der Waals surface area contributed by atoms with Crippen LogP contribution in [0.15, 0.2) is 36.4 Å². The number of amides is 1. The average molecular weight is 510 g/mol. The molecule has 0 aliphatic rings. The Hall–Kier alpha value is -3.28. The van der Waals surface area contributed by atoms with Crippen LogP contribution >= 0.6 is 0 Å². The molecule has 0 fully saturated rings. The smallest absolute Gasteiger partial charge is 0.255 e. The Labute approximate surface area is 222 Å². The van der Waals surface area contributed by atoms with Crippen LogP contribution in [-0.4, -0.2) is 29.9 Å². The van der Waals surface area contributed by atoms with Gasteiger partial charge in [-0.1, -0.05) is 34.6 Å². The second kappa shape index (κ2) is 15.7. The van der Waals surface area contributed by atoms with Gasteiger partial charge in [0, 0.05) is 41.5 Å². The van der Waals surface area contributed by atoms with Gasteiger partial charge >= 0.3 is 0 Å². The molecule has 6 heteroatoms. The summed E-state index contributed by atoms with van der Waals surface area (Å²) >= 11 is 0. The van der Waals surface area contributed by atoms with Gasteiger partial charge in [-0.15, -0.1) is 0 Å². The zero-order chi connectivity index (χ0) is 28.1. The van der Waals surface area contributed by atoms with E-state index in [1.807, 2.05) is 66.7 Å². The van der Waals surface area contributed by atoms with Crippen LogP contribution in [0.1, 0.15) is 99.6 Å². The summed E-state index contributed by atoms with van der Waals surface area (Å²) < 4.78 is 5.51. The first-order valence-corrected chi connectivity index (χ1v) is 13.2. The fourth-order valence-corrected chi connectivity index (χ4v) is 3.61. The molecule has 202 valence electrons. The molecule has 6 nitrogen and oxygen atoms in total. The number of ether oxygens (including phenoxy) is 1. The van der Waals surface area contributed by atoms with E-state index in [-0.39, 0.29) is 35.1 Å². The van der Waals surface area contributed by atoms with E-state index in [9.17, 15) is 19.2 Å². The van der Waals surface area contributed by atoms with Gasteiger partial charge in [0.2, 0.25) is 0 Å². The van der Waals surface area contributed by atoms with Crippen LogP contribution in [0.25, 0.3) is 0 Å². The molecule has 1 atom stereocenters. The van der Waals surface area contributed by atoms with Crippen LogP contribution in [-0.2, 0) is 16.0 Å². The summed E-state index contributed by atoms with van der Waals surface area (Å²) in [5.41, 5.74) is 3.88. The van der Waals surface area contributed by atoms with Gasteiger partial charge in [0.15, 0.2) is 5.78 Å². The maximum absolute atomic E-state index is 12.6. The molecule has 37 heavy (non-hydrogen) atoms. The lowest BCUT2D eigenvalue weighted by atomic mass is 9.94. The van der Waals surface area contributed by atoms with Crippen LogP contribution in [0, 0.1) is 18.8 Å². The highest BCUT2D eigenvalue weighted by Gasteiger charge is 2.16. The molecule has 1 unspecified atom stereocenters. The van der Waals surface area contributed by atoms with Crippen molar-refractivity contribution < 1.29 is 23.9 Å². The summed E-state index contributed by atoms with van der Waals surface area (Å²) in [6.07, 6.45) is 2.58. The number of benzene rings is 2. The number of Topliss-reactive ketones (excluding diaryl/α,β-unsaturated/α-hetero) is 3. The van der Waals surface area contributed by atoms with Crippen LogP contribution < -0.4 is 10.1 Å². The van der Waals surface area contributed by atoms with Gasteiger partial charge < -0.3 is 10.1 Å². The van der Waals surface area contributed by atoms with E-state index in [0.29, 0.717) is 42.9 Å². The first-order chi connectivity index (χ1) is 17.4. The molecular formula is C31H43NO5. The number of hydrogen-bond donors (Lipinski definition) is 1. The molecule has 1 N–H and O–H groups in total. The quantitative estimate of drug-likeness (QED) is 0.311. The maximum Gasteiger partial charge on any atom is 0.255 e. The third kappa shape index (κ3) is 10.7. The van der Waals surface area contributed by atoms with Gasteiger partial charge in [-0.2, -0.15) is 0 Å². The van der Waals surface area contributed by atoms with Gasteiger partial charge in [-0.05, 0) is 81.1 Å². The van der Waals surface area contributed by atoms with Gasteiger partial charge in [0.25, 0.3) is 5.91 Å². The summed E-state index contributed by atoms with van der Waals surface area (Å²) in [7, 11) is 0. The Morgan fingerprint density at radius 2 is 1.62 bits per heavy atom. The second-order valence-electron chi connectivity index (χ2n) is 9.61. The summed E-state index contributed by atoms with van der Waals surface area (Å²) in [5, 5.41) is 2.92. The number of rotatable bonds is 12. The number of anilines is 1. The Morgan fingerprint density at radius 1 is 0.946 bits per heavy atom. The lowest BCUT2D eigenvalue weighted by Gasteiger charge is -2.13. The molecule has 0 spiro atoms. The largest absolute Gasteiger partial charge is 0.494 e. The minimum Gasteiger partial charge on any atom is -0.494 e. The molecule has 2 aromatic carbocycles. The predicted octanol–water partition coefficient (Wildman–Crippen LogP) is 7.02. The topological polar surface area (TPSA) is 89.5 Å². The SMILES string of the molecule is CCC(=O)CCC(C)C(C)=O.CCOc1cc(C)cc(C(=O)Nc2ccc(C(=O)C(C)C)c(CC)c2)c1. The first kappa shape index (κ1) is 31.7. The summed E-state index contributed by atoms with van der Waals surface area (Å²) in [6.45, 7) is 15.5. The second-order valence-corrected chi connectivity index (χ2v) is 9.61. The summed E-state index contributed by atoms with van der Waals surface area (Å²) in [6, 6.07) is 10.9. The average Bonchev–Trinajstić information content (AvgIpc) is 2.86. The van der Waals surface area contributed by atoms with Crippen LogP contribution in [0.5, 0.6) is 5.75 Å². The number of carbonyl (C=O) groups is 4. The van der Waals surface area contributed by atoms with Crippen molar-refractivity contribution in [3.8, 4) is 5.75 Å². The Balaban J connectivity index is 0.000000525. The van der Waals surface area contributed by atoms with Gasteiger partial charge in [0.1, 0.15) is 17.3 Å². The van der Waals surface area contributed by atoms with Crippen molar-refractivity contribution in [3.63, 3.8) is 0 Å². The van der Waals surface area contributed by atoms with Gasteiger partial charge in [-0.3, -0.25) is 19.2 Å². The highest BCUT2D eigenvalue weighted by Crippen LogP contribution is 2.22. The van der Waals surface area contributed by atoms with Crippen molar-refractivity contribution in [2.75, 3.05) is 11.9 Å². The van der Waals surface area contributed by atoms with Crippen molar-refractivity contribution in [2.45, 2.75) is 81.1 Å². The summed E-state index contributed by atoms with van der Waals surface area (Å²) in [5.74, 6) is 1.03. The number of carbonyl (C=O) groups excluding carboxylic acids is 4. The van der Waals surface area contributed by atoms with E-state index in [2.05, 4.69) is 5.32 Å². The zero-order valence-electron chi connectivity index (χ0n) is 23.7. The molecule has 0 aliphatic carbocycles. The molecule has 0 bridgehead atoms. The normalized spacial score (nSPS) is 11.3. The zero-order valence-corrected chi connectivity index (χ0v) is 23.7. The number of nitrogens with one attached hydrogen (secondary N) is 1. The molecule has 2 aromatic rings.